The summed E-state index contributed by atoms with van der Waals surface area (Å²) in [5.41, 5.74) is 13.8. The number of nitrogens with one attached hydrogen (secondary N) is 1. The topological polar surface area (TPSA) is 47.9 Å². The Hall–Kier alpha value is -5.94. The van der Waals surface area contributed by atoms with Crippen LogP contribution in [0.4, 0.5) is 0 Å². The van der Waals surface area contributed by atoms with Crippen LogP contribution < -0.4 is 11.3 Å². The number of allylic oxidation sites excluding steroid dienone is 6. The van der Waals surface area contributed by atoms with Crippen LogP contribution in [0.5, 0.6) is 0 Å². The molecule has 0 atom stereocenters. The first-order chi connectivity index (χ1) is 31.0. The molecule has 2 heterocycles. The quantitative estimate of drug-likeness (QED) is 0.103. The van der Waals surface area contributed by atoms with Gasteiger partial charge in [-0.1, -0.05) is 207 Å². The molecule has 0 bridgehead atoms. The molecule has 0 saturated heterocycles. The smallest absolute Gasteiger partial charge is 0.0548 e. The van der Waals surface area contributed by atoms with E-state index in [0.717, 1.165) is 12.8 Å². The lowest BCUT2D eigenvalue weighted by Crippen LogP contribution is -2.13. The summed E-state index contributed by atoms with van der Waals surface area (Å²) in [6, 6.07) is 52.4. The summed E-state index contributed by atoms with van der Waals surface area (Å²) in [6.07, 6.45) is 16.8. The second-order valence-corrected chi connectivity index (χ2v) is 14.2. The first kappa shape index (κ1) is 53.2. The van der Waals surface area contributed by atoms with Crippen molar-refractivity contribution in [1.82, 2.24) is 14.6 Å². The van der Waals surface area contributed by atoms with E-state index >= 15 is 0 Å². The van der Waals surface area contributed by atoms with E-state index in [9.17, 15) is 0 Å². The zero-order chi connectivity index (χ0) is 46.4. The summed E-state index contributed by atoms with van der Waals surface area (Å²) < 4.78 is 4.79. The Morgan fingerprint density at radius 1 is 0.571 bits per heavy atom. The van der Waals surface area contributed by atoms with Crippen molar-refractivity contribution >= 4 is 43.6 Å². The van der Waals surface area contributed by atoms with Crippen LogP contribution in [-0.4, -0.2) is 16.2 Å². The van der Waals surface area contributed by atoms with Gasteiger partial charge >= 0.3 is 0 Å². The molecular formula is C59H78N4. The van der Waals surface area contributed by atoms with Gasteiger partial charge < -0.3 is 9.13 Å². The first-order valence-electron chi connectivity index (χ1n) is 23.4. The van der Waals surface area contributed by atoms with Crippen molar-refractivity contribution in [3.8, 4) is 11.4 Å². The molecule has 0 aliphatic heterocycles. The lowest BCUT2D eigenvalue weighted by molar-refractivity contribution is 0.900. The average Bonchev–Trinajstić information content (AvgIpc) is 3.84. The summed E-state index contributed by atoms with van der Waals surface area (Å²) >= 11 is 0. The minimum Gasteiger partial charge on any atom is -0.309 e. The van der Waals surface area contributed by atoms with E-state index in [4.69, 9.17) is 0 Å². The number of benzene rings is 6. The molecular weight excluding hydrogens is 765 g/mol. The molecule has 8 aromatic rings. The van der Waals surface area contributed by atoms with Crippen LogP contribution >= 0.6 is 0 Å². The van der Waals surface area contributed by atoms with E-state index in [0.29, 0.717) is 0 Å². The Balaban J connectivity index is 0.000000376. The fraction of sp³-hybridized carbons (Fsp3) is 0.288. The first-order valence-corrected chi connectivity index (χ1v) is 23.4. The van der Waals surface area contributed by atoms with Gasteiger partial charge in [-0.15, -0.1) is 0 Å². The van der Waals surface area contributed by atoms with Crippen LogP contribution in [-0.2, 0) is 6.42 Å². The molecule has 3 N–H and O–H groups in total. The maximum Gasteiger partial charge on any atom is 0.0548 e. The van der Waals surface area contributed by atoms with E-state index < -0.39 is 0 Å². The van der Waals surface area contributed by atoms with Gasteiger partial charge in [0.05, 0.1) is 22.1 Å². The highest BCUT2D eigenvalue weighted by molar-refractivity contribution is 6.19. The lowest BCUT2D eigenvalue weighted by atomic mass is 9.98. The van der Waals surface area contributed by atoms with Crippen molar-refractivity contribution in [2.45, 2.75) is 108 Å². The largest absolute Gasteiger partial charge is 0.309 e. The van der Waals surface area contributed by atoms with Crippen molar-refractivity contribution < 1.29 is 0 Å². The molecule has 2 aromatic heterocycles. The van der Waals surface area contributed by atoms with E-state index in [1.54, 1.807) is 12.6 Å². The summed E-state index contributed by atoms with van der Waals surface area (Å²) in [6.45, 7) is 22.5. The number of para-hydroxylation sites is 3. The SMILES string of the molecule is C/C=C\CC.C1=CCCC(Cc2ccccc2)=C1.CC.CC.CC.CCC.CNN.Cc1ccc(-n2c3ccccc3c3cc4c(cc32)c2ccccc2n4-c2ccccc2)cc1. The van der Waals surface area contributed by atoms with Gasteiger partial charge in [0.15, 0.2) is 0 Å². The van der Waals surface area contributed by atoms with E-state index in [1.165, 1.54) is 85.4 Å². The van der Waals surface area contributed by atoms with Crippen molar-refractivity contribution in [3.05, 3.63) is 193 Å². The summed E-state index contributed by atoms with van der Waals surface area (Å²) in [5.74, 6) is 4.60. The number of nitrogens with two attached hydrogens (primary N) is 1. The van der Waals surface area contributed by atoms with Gasteiger partial charge in [-0.25, -0.2) is 0 Å². The molecule has 0 unspecified atom stereocenters. The molecule has 6 aromatic carbocycles. The predicted molar refractivity (Wildman–Crippen MR) is 285 cm³/mol. The average molecular weight is 843 g/mol. The number of aromatic nitrogens is 2. The van der Waals surface area contributed by atoms with Crippen LogP contribution in [0.15, 0.2) is 182 Å². The number of rotatable bonds is 5. The molecule has 1 aliphatic carbocycles. The Morgan fingerprint density at radius 2 is 1.00 bits per heavy atom. The Morgan fingerprint density at radius 3 is 1.41 bits per heavy atom. The minimum absolute atomic E-state index is 1.12. The standard InChI is InChI=1S/C31H22N2.C13H14.C5H10.C3H8.3C2H6.CH6N2/c1-21-15-17-23(18-16-21)33-29-14-8-6-12-25(29)27-19-30-26(20-31(27)33)24-11-5-7-13-28(24)32(30)22-9-3-2-4-10-22;1-3-7-12(8-4-1)11-13-9-5-2-6-10-13;1-3-5-4-2;1-3-2;3*1-2;1-3-2/h2-20H,1H3;1-5,7-9H,6,10-11H2;3,5H,4H2,1-2H3;3H2,1-2H3;3*1-2H3;3H,2H2,1H3/b;;5-3-;;;;;. The zero-order valence-corrected chi connectivity index (χ0v) is 40.8. The molecule has 0 fully saturated rings. The number of nitrogens with zero attached hydrogens (tertiary/aromatic N) is 2. The highest BCUT2D eigenvalue weighted by atomic mass is 15.2. The van der Waals surface area contributed by atoms with Crippen molar-refractivity contribution in [2.24, 2.45) is 5.84 Å². The Labute approximate surface area is 381 Å². The van der Waals surface area contributed by atoms with Crippen LogP contribution in [0.3, 0.4) is 0 Å². The number of hydrogen-bond donors (Lipinski definition) is 2. The predicted octanol–water partition coefficient (Wildman–Crippen LogP) is 17.2. The highest BCUT2D eigenvalue weighted by Gasteiger charge is 2.18. The van der Waals surface area contributed by atoms with Gasteiger partial charge in [-0.3, -0.25) is 11.3 Å². The number of fused-ring (bicyclic) bond motifs is 6. The summed E-state index contributed by atoms with van der Waals surface area (Å²) in [4.78, 5) is 0. The van der Waals surface area contributed by atoms with Gasteiger partial charge in [-0.05, 0) is 101 Å². The Bertz CT molecular complexity index is 2510. The molecule has 4 heteroatoms. The summed E-state index contributed by atoms with van der Waals surface area (Å²) in [7, 11) is 1.65. The fourth-order valence-corrected chi connectivity index (χ4v) is 7.15. The maximum absolute atomic E-state index is 4.60. The molecule has 1 aliphatic rings. The molecule has 9 rings (SSSR count). The third-order valence-electron chi connectivity index (χ3n) is 9.62. The van der Waals surface area contributed by atoms with Gasteiger partial charge in [-0.2, -0.15) is 0 Å². The van der Waals surface area contributed by atoms with E-state index in [1.807, 2.05) is 48.5 Å². The molecule has 4 nitrogen and oxygen atoms in total. The molecule has 63 heavy (non-hydrogen) atoms. The van der Waals surface area contributed by atoms with E-state index in [2.05, 4.69) is 224 Å². The van der Waals surface area contributed by atoms with Gasteiger partial charge in [0.25, 0.3) is 0 Å². The number of hydrazine groups is 1. The van der Waals surface area contributed by atoms with Gasteiger partial charge in [0.1, 0.15) is 0 Å². The Kier molecular flexibility index (Phi) is 26.2. The van der Waals surface area contributed by atoms with Crippen LogP contribution in [0.2, 0.25) is 0 Å². The third-order valence-corrected chi connectivity index (χ3v) is 9.62. The van der Waals surface area contributed by atoms with Crippen molar-refractivity contribution in [2.75, 3.05) is 7.05 Å². The van der Waals surface area contributed by atoms with Crippen molar-refractivity contribution in [3.63, 3.8) is 0 Å². The highest BCUT2D eigenvalue weighted by Crippen LogP contribution is 2.39. The van der Waals surface area contributed by atoms with Gasteiger partial charge in [0.2, 0.25) is 0 Å². The van der Waals surface area contributed by atoms with Crippen LogP contribution in [0, 0.1) is 6.92 Å². The molecule has 0 amide bonds. The minimum atomic E-state index is 1.12. The third kappa shape index (κ3) is 15.1. The monoisotopic (exact) mass is 843 g/mol. The second kappa shape index (κ2) is 31.0. The lowest BCUT2D eigenvalue weighted by Gasteiger charge is -2.09. The second-order valence-electron chi connectivity index (χ2n) is 14.2. The molecule has 0 radical (unpaired) electrons. The van der Waals surface area contributed by atoms with E-state index in [-0.39, 0.29) is 0 Å². The fourth-order valence-electron chi connectivity index (χ4n) is 7.15. The van der Waals surface area contributed by atoms with Crippen LogP contribution in [0.25, 0.3) is 55.0 Å². The summed E-state index contributed by atoms with van der Waals surface area (Å²) in [5, 5.41) is 5.11. The normalized spacial score (nSPS) is 11.0. The maximum atomic E-state index is 4.60. The molecule has 0 saturated carbocycles. The molecule has 0 spiro atoms. The molecule has 334 valence electrons. The van der Waals surface area contributed by atoms with Crippen LogP contribution in [0.1, 0.15) is 106 Å². The number of aryl methyl sites for hydroxylation is 1. The zero-order valence-electron chi connectivity index (χ0n) is 40.8. The van der Waals surface area contributed by atoms with Gasteiger partial charge in [0, 0.05) is 32.9 Å². The number of hydrogen-bond acceptors (Lipinski definition) is 2. The van der Waals surface area contributed by atoms with Crippen molar-refractivity contribution in [1.29, 1.82) is 0 Å².